The maximum atomic E-state index is 12.5. The highest BCUT2D eigenvalue weighted by atomic mass is 19.3. The number of carbonyl (C=O) groups excluding carboxylic acids is 1. The first-order valence-electron chi connectivity index (χ1n) is 9.89. The molecule has 0 spiro atoms. The Bertz CT molecular complexity index is 1010. The fourth-order valence-corrected chi connectivity index (χ4v) is 3.50. The van der Waals surface area contributed by atoms with Crippen molar-refractivity contribution < 1.29 is 22.8 Å². The molecule has 0 radical (unpaired) electrons. The second kappa shape index (κ2) is 9.61. The number of amides is 1. The molecule has 1 N–H and O–H groups in total. The number of hydrogen-bond acceptors (Lipinski definition) is 7. The number of pyridine rings is 1. The topological polar surface area (TPSA) is 93.4 Å². The van der Waals surface area contributed by atoms with Crippen molar-refractivity contribution in [2.45, 2.75) is 25.4 Å². The van der Waals surface area contributed by atoms with Crippen molar-refractivity contribution in [1.82, 2.24) is 20.0 Å². The monoisotopic (exact) mass is 429 g/mol. The van der Waals surface area contributed by atoms with Gasteiger partial charge in [-0.05, 0) is 50.2 Å². The standard InChI is InChI=1S/C21H21F2N5O3/c22-21(23)30-17-7-2-1-5-15(17)25-18(29)13-28-11-8-14(9-12-28)20-26-19(27-31-20)16-6-3-4-10-24-16/h1-7,10,14,21H,8-9,11-13H2,(H,25,29). The molecule has 0 unspecified atom stereocenters. The van der Waals surface area contributed by atoms with Crippen LogP contribution in [0.3, 0.4) is 0 Å². The van der Waals surface area contributed by atoms with Gasteiger partial charge in [-0.1, -0.05) is 23.4 Å². The average Bonchev–Trinajstić information content (AvgIpc) is 3.26. The number of nitrogens with zero attached hydrogens (tertiary/aromatic N) is 4. The number of carbonyl (C=O) groups is 1. The van der Waals surface area contributed by atoms with Gasteiger partial charge < -0.3 is 14.6 Å². The van der Waals surface area contributed by atoms with Crippen LogP contribution in [0, 0.1) is 0 Å². The first kappa shape index (κ1) is 20.9. The molecule has 8 nitrogen and oxygen atoms in total. The number of likely N-dealkylation sites (tertiary alicyclic amines) is 1. The average molecular weight is 429 g/mol. The van der Waals surface area contributed by atoms with E-state index in [0.29, 0.717) is 30.5 Å². The number of alkyl halides is 2. The molecule has 1 aliphatic rings. The first-order chi connectivity index (χ1) is 15.1. The first-order valence-corrected chi connectivity index (χ1v) is 9.89. The van der Waals surface area contributed by atoms with Gasteiger partial charge in [0.05, 0.1) is 12.2 Å². The van der Waals surface area contributed by atoms with Crippen LogP contribution in [0.15, 0.2) is 53.2 Å². The summed E-state index contributed by atoms with van der Waals surface area (Å²) in [6.07, 6.45) is 3.21. The van der Waals surface area contributed by atoms with E-state index in [0.717, 1.165) is 12.8 Å². The minimum atomic E-state index is -2.96. The largest absolute Gasteiger partial charge is 0.433 e. The van der Waals surface area contributed by atoms with Gasteiger partial charge in [0.25, 0.3) is 0 Å². The van der Waals surface area contributed by atoms with Gasteiger partial charge in [-0.3, -0.25) is 14.7 Å². The van der Waals surface area contributed by atoms with Crippen molar-refractivity contribution in [2.24, 2.45) is 0 Å². The number of rotatable bonds is 7. The maximum absolute atomic E-state index is 12.5. The second-order valence-electron chi connectivity index (χ2n) is 7.14. The molecule has 3 heterocycles. The number of halogens is 2. The molecule has 2 aromatic heterocycles. The number of piperidine rings is 1. The van der Waals surface area contributed by atoms with Crippen molar-refractivity contribution in [3.63, 3.8) is 0 Å². The van der Waals surface area contributed by atoms with Gasteiger partial charge in [0.2, 0.25) is 17.6 Å². The van der Waals surface area contributed by atoms with E-state index >= 15 is 0 Å². The highest BCUT2D eigenvalue weighted by Crippen LogP contribution is 2.29. The normalized spacial score (nSPS) is 15.2. The minimum absolute atomic E-state index is 0.0651. The molecule has 0 bridgehead atoms. The van der Waals surface area contributed by atoms with Crippen LogP contribution in [0.2, 0.25) is 0 Å². The highest BCUT2D eigenvalue weighted by molar-refractivity contribution is 5.93. The molecular weight excluding hydrogens is 408 g/mol. The van der Waals surface area contributed by atoms with Crippen molar-refractivity contribution >= 4 is 11.6 Å². The molecule has 3 aromatic rings. The third-order valence-electron chi connectivity index (χ3n) is 5.02. The van der Waals surface area contributed by atoms with E-state index in [4.69, 9.17) is 4.52 Å². The molecule has 10 heteroatoms. The van der Waals surface area contributed by atoms with E-state index in [2.05, 4.69) is 25.2 Å². The van der Waals surface area contributed by atoms with Crippen LogP contribution < -0.4 is 10.1 Å². The molecule has 1 fully saturated rings. The third kappa shape index (κ3) is 5.40. The number of ether oxygens (including phenoxy) is 1. The third-order valence-corrected chi connectivity index (χ3v) is 5.02. The van der Waals surface area contributed by atoms with Crippen LogP contribution in [0.4, 0.5) is 14.5 Å². The van der Waals surface area contributed by atoms with E-state index in [9.17, 15) is 13.6 Å². The van der Waals surface area contributed by atoms with Crippen molar-refractivity contribution in [1.29, 1.82) is 0 Å². The molecule has 1 saturated heterocycles. The van der Waals surface area contributed by atoms with Crippen LogP contribution in [0.1, 0.15) is 24.7 Å². The highest BCUT2D eigenvalue weighted by Gasteiger charge is 2.26. The number of aromatic nitrogens is 3. The molecule has 1 aromatic carbocycles. The summed E-state index contributed by atoms with van der Waals surface area (Å²) in [6.45, 7) is -1.46. The second-order valence-corrected chi connectivity index (χ2v) is 7.14. The van der Waals surface area contributed by atoms with E-state index in [-0.39, 0.29) is 29.8 Å². The Labute approximate surface area is 177 Å². The summed E-state index contributed by atoms with van der Waals surface area (Å²) in [7, 11) is 0. The lowest BCUT2D eigenvalue weighted by molar-refractivity contribution is -0.117. The predicted molar refractivity (Wildman–Crippen MR) is 108 cm³/mol. The quantitative estimate of drug-likeness (QED) is 0.614. The van der Waals surface area contributed by atoms with E-state index in [1.165, 1.54) is 12.1 Å². The number of para-hydroxylation sites is 2. The van der Waals surface area contributed by atoms with Crippen LogP contribution >= 0.6 is 0 Å². The number of benzene rings is 1. The molecule has 1 aliphatic heterocycles. The Kier molecular flexibility index (Phi) is 6.46. The summed E-state index contributed by atoms with van der Waals surface area (Å²) in [4.78, 5) is 23.1. The fraction of sp³-hybridized carbons (Fsp3) is 0.333. The van der Waals surface area contributed by atoms with E-state index in [1.807, 2.05) is 23.1 Å². The van der Waals surface area contributed by atoms with Crippen LogP contribution in [0.5, 0.6) is 5.75 Å². The Morgan fingerprint density at radius 2 is 1.97 bits per heavy atom. The van der Waals surface area contributed by atoms with Gasteiger partial charge in [-0.2, -0.15) is 13.8 Å². The van der Waals surface area contributed by atoms with Gasteiger partial charge in [0.15, 0.2) is 0 Å². The van der Waals surface area contributed by atoms with Gasteiger partial charge in [-0.25, -0.2) is 0 Å². The summed E-state index contributed by atoms with van der Waals surface area (Å²) in [6, 6.07) is 11.6. The van der Waals surface area contributed by atoms with Gasteiger partial charge in [-0.15, -0.1) is 0 Å². The van der Waals surface area contributed by atoms with E-state index in [1.54, 1.807) is 18.3 Å². The Morgan fingerprint density at radius 3 is 2.71 bits per heavy atom. The zero-order valence-corrected chi connectivity index (χ0v) is 16.6. The summed E-state index contributed by atoms with van der Waals surface area (Å²) < 4.78 is 34.9. The number of anilines is 1. The lowest BCUT2D eigenvalue weighted by atomic mass is 9.97. The van der Waals surface area contributed by atoms with Gasteiger partial charge >= 0.3 is 6.61 Å². The summed E-state index contributed by atoms with van der Waals surface area (Å²) in [5.74, 6) is 0.790. The smallest absolute Gasteiger partial charge is 0.387 e. The van der Waals surface area contributed by atoms with Crippen molar-refractivity contribution in [2.75, 3.05) is 25.0 Å². The summed E-state index contributed by atoms with van der Waals surface area (Å²) in [5.41, 5.74) is 0.873. The number of hydrogen-bond donors (Lipinski definition) is 1. The van der Waals surface area contributed by atoms with Gasteiger partial charge in [0.1, 0.15) is 11.4 Å². The SMILES string of the molecule is O=C(CN1CCC(c2nc(-c3ccccn3)no2)CC1)Nc1ccccc1OC(F)F. The Hall–Kier alpha value is -3.40. The summed E-state index contributed by atoms with van der Waals surface area (Å²) >= 11 is 0. The minimum Gasteiger partial charge on any atom is -0.433 e. The fourth-order valence-electron chi connectivity index (χ4n) is 3.50. The number of nitrogens with one attached hydrogen (secondary N) is 1. The summed E-state index contributed by atoms with van der Waals surface area (Å²) in [5, 5.41) is 6.65. The Balaban J connectivity index is 1.29. The lowest BCUT2D eigenvalue weighted by Crippen LogP contribution is -2.38. The molecule has 1 amide bonds. The predicted octanol–water partition coefficient (Wildman–Crippen LogP) is 3.55. The molecule has 0 atom stereocenters. The molecule has 31 heavy (non-hydrogen) atoms. The maximum Gasteiger partial charge on any atom is 0.387 e. The van der Waals surface area contributed by atoms with Crippen molar-refractivity contribution in [3.05, 3.63) is 54.6 Å². The van der Waals surface area contributed by atoms with E-state index < -0.39 is 6.61 Å². The van der Waals surface area contributed by atoms with Crippen molar-refractivity contribution in [3.8, 4) is 17.3 Å². The molecular formula is C21H21F2N5O3. The molecule has 0 saturated carbocycles. The molecule has 0 aliphatic carbocycles. The molecule has 4 rings (SSSR count). The van der Waals surface area contributed by atoms with Crippen LogP contribution in [0.25, 0.3) is 11.5 Å². The lowest BCUT2D eigenvalue weighted by Gasteiger charge is -2.29. The van der Waals surface area contributed by atoms with Gasteiger partial charge in [0, 0.05) is 12.1 Å². The molecule has 162 valence electrons. The zero-order chi connectivity index (χ0) is 21.6. The van der Waals surface area contributed by atoms with Crippen LogP contribution in [-0.2, 0) is 4.79 Å². The zero-order valence-electron chi connectivity index (χ0n) is 16.6. The Morgan fingerprint density at radius 1 is 1.19 bits per heavy atom. The van der Waals surface area contributed by atoms with Crippen LogP contribution in [-0.4, -0.2) is 52.2 Å².